The Morgan fingerprint density at radius 1 is 0.943 bits per heavy atom. The lowest BCUT2D eigenvalue weighted by molar-refractivity contribution is -0.145. The van der Waals surface area contributed by atoms with Gasteiger partial charge in [0.15, 0.2) is 0 Å². The number of hydrogen-bond acceptors (Lipinski definition) is 4. The van der Waals surface area contributed by atoms with Crippen molar-refractivity contribution in [2.24, 2.45) is 5.92 Å². The number of carbonyl (C=O) groups excluding carboxylic acids is 2. The maximum atomic E-state index is 12.6. The molecular weight excluding hydrogens is 559 g/mol. The Balaban J connectivity index is 1.19. The third kappa shape index (κ3) is 4.75. The van der Waals surface area contributed by atoms with Gasteiger partial charge in [0.1, 0.15) is 6.61 Å². The van der Waals surface area contributed by atoms with Crippen LogP contribution in [0, 0.1) is 9.49 Å². The number of benzene rings is 3. The molecule has 1 fully saturated rings. The summed E-state index contributed by atoms with van der Waals surface area (Å²) in [5, 5.41) is 14.6. The third-order valence-corrected chi connectivity index (χ3v) is 7.53. The van der Waals surface area contributed by atoms with Crippen LogP contribution in [0.25, 0.3) is 11.1 Å². The van der Waals surface area contributed by atoms with Crippen LogP contribution in [-0.2, 0) is 9.53 Å². The van der Waals surface area contributed by atoms with Crippen molar-refractivity contribution < 1.29 is 24.2 Å². The smallest absolute Gasteiger partial charge is 0.411 e. The van der Waals surface area contributed by atoms with Crippen LogP contribution in [-0.4, -0.2) is 35.7 Å². The van der Waals surface area contributed by atoms with Crippen molar-refractivity contribution in [3.05, 3.63) is 87.0 Å². The number of ether oxygens (including phenoxy) is 1. The van der Waals surface area contributed by atoms with Gasteiger partial charge in [-0.2, -0.15) is 0 Å². The van der Waals surface area contributed by atoms with Crippen LogP contribution in [0.4, 0.5) is 10.5 Å². The molecule has 2 amide bonds. The minimum absolute atomic E-state index is 0.0227. The molecule has 0 unspecified atom stereocenters. The maximum Gasteiger partial charge on any atom is 0.411 e. The standard InChI is InChI=1S/C27H23IN2O5/c28-23-13-15(25(31)29-17-11-16(12-17)26(32)33)9-10-24(23)30-27(34)35-14-22-20-7-3-1-5-18(20)19-6-2-4-8-21(19)22/h1-10,13,16-17,22H,11-12,14H2,(H,29,31)(H,30,34)(H,32,33). The summed E-state index contributed by atoms with van der Waals surface area (Å²) in [7, 11) is 0. The molecule has 3 N–H and O–H groups in total. The van der Waals surface area contributed by atoms with E-state index < -0.39 is 12.1 Å². The van der Waals surface area contributed by atoms with Crippen LogP contribution in [0.15, 0.2) is 66.7 Å². The molecule has 2 aliphatic carbocycles. The molecule has 0 aromatic heterocycles. The van der Waals surface area contributed by atoms with E-state index in [9.17, 15) is 14.4 Å². The SMILES string of the molecule is O=C(Nc1ccc(C(=O)NC2CC(C(=O)O)C2)cc1I)OCC1c2ccccc2-c2ccccc21. The quantitative estimate of drug-likeness (QED) is 0.345. The summed E-state index contributed by atoms with van der Waals surface area (Å²) in [6.07, 6.45) is 0.329. The predicted octanol–water partition coefficient (Wildman–Crippen LogP) is 5.25. The van der Waals surface area contributed by atoms with Crippen molar-refractivity contribution in [3.8, 4) is 11.1 Å². The van der Waals surface area contributed by atoms with Gasteiger partial charge >= 0.3 is 12.1 Å². The third-order valence-electron chi connectivity index (χ3n) is 6.63. The number of carboxylic acids is 1. The zero-order valence-corrected chi connectivity index (χ0v) is 20.8. The number of aliphatic carboxylic acids is 1. The van der Waals surface area contributed by atoms with E-state index in [1.54, 1.807) is 18.2 Å². The Labute approximate surface area is 216 Å². The molecule has 3 aromatic carbocycles. The Hall–Kier alpha value is -3.40. The number of carboxylic acid groups (broad SMARTS) is 1. The van der Waals surface area contributed by atoms with Gasteiger partial charge in [-0.05, 0) is 75.9 Å². The molecule has 7 nitrogen and oxygen atoms in total. The van der Waals surface area contributed by atoms with Crippen molar-refractivity contribution in [1.29, 1.82) is 0 Å². The molecular formula is C27H23IN2O5. The second kappa shape index (κ2) is 9.69. The van der Waals surface area contributed by atoms with Gasteiger partial charge in [0.2, 0.25) is 0 Å². The van der Waals surface area contributed by atoms with E-state index in [1.165, 1.54) is 11.1 Å². The topological polar surface area (TPSA) is 105 Å². The lowest BCUT2D eigenvalue weighted by Gasteiger charge is -2.32. The summed E-state index contributed by atoms with van der Waals surface area (Å²) in [6, 6.07) is 21.2. The largest absolute Gasteiger partial charge is 0.481 e. The van der Waals surface area contributed by atoms with Gasteiger partial charge in [-0.3, -0.25) is 14.9 Å². The predicted molar refractivity (Wildman–Crippen MR) is 139 cm³/mol. The number of hydrogen-bond donors (Lipinski definition) is 3. The van der Waals surface area contributed by atoms with E-state index >= 15 is 0 Å². The second-order valence-electron chi connectivity index (χ2n) is 8.82. The van der Waals surface area contributed by atoms with Crippen LogP contribution in [0.5, 0.6) is 0 Å². The van der Waals surface area contributed by atoms with Crippen LogP contribution < -0.4 is 10.6 Å². The number of fused-ring (bicyclic) bond motifs is 3. The van der Waals surface area contributed by atoms with Gasteiger partial charge in [-0.25, -0.2) is 4.79 Å². The Bertz CT molecular complexity index is 1270. The van der Waals surface area contributed by atoms with E-state index in [-0.39, 0.29) is 30.4 Å². The first-order valence-electron chi connectivity index (χ1n) is 11.4. The van der Waals surface area contributed by atoms with Gasteiger partial charge in [-0.15, -0.1) is 0 Å². The summed E-state index contributed by atoms with van der Waals surface area (Å²) in [4.78, 5) is 36.0. The summed E-state index contributed by atoms with van der Waals surface area (Å²) in [6.45, 7) is 0.218. The van der Waals surface area contributed by atoms with Gasteiger partial charge < -0.3 is 15.2 Å². The molecule has 0 spiro atoms. The van der Waals surface area contributed by atoms with Crippen molar-refractivity contribution in [3.63, 3.8) is 0 Å². The van der Waals surface area contributed by atoms with E-state index in [2.05, 4.69) is 57.5 Å². The van der Waals surface area contributed by atoms with Crippen LogP contribution in [0.1, 0.15) is 40.2 Å². The average molecular weight is 582 g/mol. The zero-order chi connectivity index (χ0) is 24.5. The van der Waals surface area contributed by atoms with Gasteiger partial charge in [0.05, 0.1) is 11.6 Å². The molecule has 5 rings (SSSR count). The molecule has 1 saturated carbocycles. The van der Waals surface area contributed by atoms with E-state index in [4.69, 9.17) is 9.84 Å². The molecule has 3 aromatic rings. The first-order chi connectivity index (χ1) is 16.9. The van der Waals surface area contributed by atoms with Crippen molar-refractivity contribution in [2.45, 2.75) is 24.8 Å². The fraction of sp³-hybridized carbons (Fsp3) is 0.222. The normalized spacial score (nSPS) is 18.1. The number of nitrogens with one attached hydrogen (secondary N) is 2. The van der Waals surface area contributed by atoms with E-state index in [1.807, 2.05) is 24.3 Å². The highest BCUT2D eigenvalue weighted by molar-refractivity contribution is 14.1. The van der Waals surface area contributed by atoms with Gasteiger partial charge in [0, 0.05) is 21.1 Å². The minimum Gasteiger partial charge on any atom is -0.481 e. The highest BCUT2D eigenvalue weighted by atomic mass is 127. The van der Waals surface area contributed by atoms with E-state index in [0.717, 1.165) is 11.1 Å². The Kier molecular flexibility index (Phi) is 6.46. The molecule has 35 heavy (non-hydrogen) atoms. The van der Waals surface area contributed by atoms with E-state index in [0.29, 0.717) is 27.7 Å². The lowest BCUT2D eigenvalue weighted by atomic mass is 9.80. The molecule has 178 valence electrons. The minimum atomic E-state index is -0.825. The van der Waals surface area contributed by atoms with Crippen LogP contribution in [0.3, 0.4) is 0 Å². The molecule has 0 radical (unpaired) electrons. The molecule has 0 heterocycles. The highest BCUT2D eigenvalue weighted by Gasteiger charge is 2.35. The van der Waals surface area contributed by atoms with Crippen LogP contribution in [0.2, 0.25) is 0 Å². The fourth-order valence-electron chi connectivity index (χ4n) is 4.71. The lowest BCUT2D eigenvalue weighted by Crippen LogP contribution is -2.46. The molecule has 0 bridgehead atoms. The van der Waals surface area contributed by atoms with Crippen LogP contribution >= 0.6 is 22.6 Å². The number of amides is 2. The van der Waals surface area contributed by atoms with Gasteiger partial charge in [0.25, 0.3) is 5.91 Å². The fourth-order valence-corrected chi connectivity index (χ4v) is 5.36. The monoisotopic (exact) mass is 582 g/mol. The number of rotatable bonds is 6. The Morgan fingerprint density at radius 3 is 2.17 bits per heavy atom. The Morgan fingerprint density at radius 2 is 1.57 bits per heavy atom. The second-order valence-corrected chi connectivity index (χ2v) is 9.98. The number of carbonyl (C=O) groups is 3. The molecule has 0 saturated heterocycles. The number of halogens is 1. The summed E-state index contributed by atoms with van der Waals surface area (Å²) in [5.41, 5.74) is 5.63. The summed E-state index contributed by atoms with van der Waals surface area (Å²) >= 11 is 2.06. The first-order valence-corrected chi connectivity index (χ1v) is 12.4. The summed E-state index contributed by atoms with van der Waals surface area (Å²) in [5.74, 6) is -1.49. The first kappa shape index (κ1) is 23.3. The molecule has 8 heteroatoms. The highest BCUT2D eigenvalue weighted by Crippen LogP contribution is 2.44. The van der Waals surface area contributed by atoms with Crippen molar-refractivity contribution >= 4 is 46.2 Å². The summed E-state index contributed by atoms with van der Waals surface area (Å²) < 4.78 is 6.29. The van der Waals surface area contributed by atoms with Gasteiger partial charge in [-0.1, -0.05) is 48.5 Å². The van der Waals surface area contributed by atoms with Crippen molar-refractivity contribution in [2.75, 3.05) is 11.9 Å². The molecule has 0 aliphatic heterocycles. The maximum absolute atomic E-state index is 12.6. The molecule has 0 atom stereocenters. The molecule has 2 aliphatic rings. The zero-order valence-electron chi connectivity index (χ0n) is 18.7. The van der Waals surface area contributed by atoms with Crippen molar-refractivity contribution in [1.82, 2.24) is 5.32 Å². The average Bonchev–Trinajstić information content (AvgIpc) is 3.14. The number of anilines is 1.